The minimum Gasteiger partial charge on any atom is -0.399 e. The number of hydrogen-bond donors (Lipinski definition) is 5. The summed E-state index contributed by atoms with van der Waals surface area (Å²) in [5.41, 5.74) is 32.9. The van der Waals surface area contributed by atoms with Crippen LogP contribution in [-0.2, 0) is 20.3 Å². The molecule has 0 amide bonds. The van der Waals surface area contributed by atoms with Crippen molar-refractivity contribution in [2.75, 3.05) is 22.1 Å². The lowest BCUT2D eigenvalue weighted by atomic mass is 9.66. The Bertz CT molecular complexity index is 4010. The van der Waals surface area contributed by atoms with Crippen molar-refractivity contribution in [3.8, 4) is 67.9 Å². The first-order valence-electron chi connectivity index (χ1n) is 27.9. The van der Waals surface area contributed by atoms with Gasteiger partial charge in [0.05, 0.1) is 51.0 Å². The molecule has 410 valence electrons. The number of pyridine rings is 4. The summed E-state index contributed by atoms with van der Waals surface area (Å²) in [4.78, 5) is 27.8. The highest BCUT2D eigenvalue weighted by atomic mass is 79.9. The zero-order valence-electron chi connectivity index (χ0n) is 46.5. The van der Waals surface area contributed by atoms with E-state index in [0.29, 0.717) is 17.1 Å². The minimum absolute atomic E-state index is 0.212. The predicted octanol–water partition coefficient (Wildman–Crippen LogP) is 13.5. The summed E-state index contributed by atoms with van der Waals surface area (Å²) in [6.07, 6.45) is 14.2. The fourth-order valence-corrected chi connectivity index (χ4v) is 12.0. The average molecular weight is 1150 g/mol. The van der Waals surface area contributed by atoms with Gasteiger partial charge in [0, 0.05) is 63.6 Å². The van der Waals surface area contributed by atoms with E-state index in [2.05, 4.69) is 147 Å². The largest absolute Gasteiger partial charge is 0.496 e. The molecule has 0 atom stereocenters. The number of nitrogens with one attached hydrogen (secondary N) is 2. The number of aromatic nitrogens is 8. The first-order valence-corrected chi connectivity index (χ1v) is 28.7. The van der Waals surface area contributed by atoms with E-state index in [4.69, 9.17) is 36.5 Å². The molecule has 0 spiro atoms. The number of fused-ring (bicyclic) bond motifs is 10. The predicted molar refractivity (Wildman–Crippen MR) is 332 cm³/mol. The van der Waals surface area contributed by atoms with E-state index in [1.54, 1.807) is 24.7 Å². The maximum Gasteiger partial charge on any atom is 0.496 e. The van der Waals surface area contributed by atoms with Gasteiger partial charge in [-0.15, -0.1) is 0 Å². The number of benzene rings is 4. The van der Waals surface area contributed by atoms with Crippen molar-refractivity contribution >= 4 is 63.2 Å². The quantitative estimate of drug-likeness (QED) is 0.0983. The third-order valence-electron chi connectivity index (χ3n) is 17.3. The molecule has 3 fully saturated rings. The molecule has 6 aromatic heterocycles. The number of nitrogens with zero attached hydrogens (tertiary/aromatic N) is 8. The molecule has 3 aliphatic heterocycles. The molecule has 0 bridgehead atoms. The van der Waals surface area contributed by atoms with Gasteiger partial charge < -0.3 is 37.1 Å². The summed E-state index contributed by atoms with van der Waals surface area (Å²) in [7, 11) is -0.363. The Kier molecular flexibility index (Phi) is 13.2. The van der Waals surface area contributed by atoms with Crippen molar-refractivity contribution < 1.29 is 9.31 Å². The Morgan fingerprint density at radius 2 is 1.02 bits per heavy atom. The molecule has 2 aliphatic carbocycles. The number of anilines is 6. The second-order valence-corrected chi connectivity index (χ2v) is 23.9. The van der Waals surface area contributed by atoms with E-state index in [0.717, 1.165) is 114 Å². The number of hydrogen-bond acceptors (Lipinski definition) is 13. The lowest BCUT2D eigenvalue weighted by molar-refractivity contribution is 0.00578. The molecule has 4 aromatic carbocycles. The fraction of sp³-hybridized carbons (Fsp3) is 0.231. The van der Waals surface area contributed by atoms with Crippen LogP contribution in [0.1, 0.15) is 84.3 Å². The van der Waals surface area contributed by atoms with Crippen molar-refractivity contribution in [2.45, 2.75) is 95.3 Å². The maximum atomic E-state index is 6.62. The molecule has 9 heterocycles. The van der Waals surface area contributed by atoms with Crippen molar-refractivity contribution in [3.05, 3.63) is 186 Å². The Hall–Kier alpha value is -8.48. The summed E-state index contributed by atoms with van der Waals surface area (Å²) in [5, 5.41) is 7.00. The summed E-state index contributed by atoms with van der Waals surface area (Å²) in [6.45, 7) is 10.5. The van der Waals surface area contributed by atoms with Gasteiger partial charge in [-0.1, -0.05) is 92.2 Å². The van der Waals surface area contributed by atoms with Crippen molar-refractivity contribution in [3.63, 3.8) is 0 Å². The molecular weight excluding hydrogens is 1090 g/mol. The summed E-state index contributed by atoms with van der Waals surface area (Å²) in [6, 6.07) is 49.6. The number of imidazole rings is 2. The zero-order chi connectivity index (χ0) is 56.5. The lowest BCUT2D eigenvalue weighted by Gasteiger charge is -2.39. The molecule has 17 heteroatoms. The van der Waals surface area contributed by atoms with Crippen LogP contribution >= 0.6 is 15.9 Å². The van der Waals surface area contributed by atoms with Gasteiger partial charge in [0.2, 0.25) is 0 Å². The van der Waals surface area contributed by atoms with E-state index in [1.807, 2.05) is 88.5 Å². The van der Waals surface area contributed by atoms with Gasteiger partial charge in [0.1, 0.15) is 27.9 Å². The van der Waals surface area contributed by atoms with Crippen LogP contribution in [0, 0.1) is 0 Å². The highest BCUT2D eigenvalue weighted by Crippen LogP contribution is 2.48. The number of halogens is 1. The molecule has 1 saturated heterocycles. The first kappa shape index (κ1) is 52.9. The van der Waals surface area contributed by atoms with E-state index in [-0.39, 0.29) is 23.9 Å². The van der Waals surface area contributed by atoms with Gasteiger partial charge in [-0.25, -0.2) is 29.9 Å². The molecule has 5 aliphatic rings. The Morgan fingerprint density at radius 1 is 0.524 bits per heavy atom. The zero-order valence-corrected chi connectivity index (χ0v) is 48.1. The van der Waals surface area contributed by atoms with Gasteiger partial charge in [-0.05, 0) is 159 Å². The van der Waals surface area contributed by atoms with Crippen molar-refractivity contribution in [2.24, 2.45) is 5.73 Å². The van der Waals surface area contributed by atoms with Gasteiger partial charge >= 0.3 is 7.12 Å². The first-order chi connectivity index (χ1) is 39.6. The molecule has 0 unspecified atom stereocenters. The Balaban J connectivity index is 0.000000124. The number of para-hydroxylation sites is 2. The number of nitrogens with two attached hydrogens (primary N) is 3. The van der Waals surface area contributed by atoms with Crippen LogP contribution in [0.2, 0.25) is 0 Å². The molecular formula is C65H63BBrN13O2. The number of rotatable bonds is 6. The molecule has 2 saturated carbocycles. The highest BCUT2D eigenvalue weighted by molar-refractivity contribution is 9.10. The van der Waals surface area contributed by atoms with Gasteiger partial charge in [-0.2, -0.15) is 0 Å². The molecule has 10 aromatic rings. The van der Waals surface area contributed by atoms with E-state index in [9.17, 15) is 0 Å². The van der Waals surface area contributed by atoms with E-state index >= 15 is 0 Å². The third kappa shape index (κ3) is 9.40. The third-order valence-corrected chi connectivity index (χ3v) is 17.8. The van der Waals surface area contributed by atoms with Crippen molar-refractivity contribution in [1.29, 1.82) is 0 Å². The topological polar surface area (TPSA) is 208 Å². The van der Waals surface area contributed by atoms with E-state index < -0.39 is 0 Å². The molecule has 8 N–H and O–H groups in total. The minimum atomic E-state index is -0.363. The molecule has 15 nitrogen and oxygen atoms in total. The second-order valence-electron chi connectivity index (χ2n) is 23.1. The Labute approximate surface area is 486 Å². The van der Waals surface area contributed by atoms with Crippen LogP contribution in [0.3, 0.4) is 0 Å². The normalized spacial score (nSPS) is 16.7. The molecule has 15 rings (SSSR count). The molecule has 0 radical (unpaired) electrons. The highest BCUT2D eigenvalue weighted by Gasteiger charge is 2.52. The van der Waals surface area contributed by atoms with Gasteiger partial charge in [-0.3, -0.25) is 9.13 Å². The summed E-state index contributed by atoms with van der Waals surface area (Å²) < 4.78 is 17.0. The van der Waals surface area contributed by atoms with Crippen LogP contribution in [0.4, 0.5) is 34.6 Å². The van der Waals surface area contributed by atoms with E-state index in [1.165, 1.54) is 36.8 Å². The lowest BCUT2D eigenvalue weighted by Crippen LogP contribution is -2.43. The smallest absolute Gasteiger partial charge is 0.399 e. The van der Waals surface area contributed by atoms with Crippen LogP contribution in [0.15, 0.2) is 175 Å². The average Bonchev–Trinajstić information content (AvgIpc) is 2.87. The van der Waals surface area contributed by atoms with Gasteiger partial charge in [0.25, 0.3) is 0 Å². The number of nitrogen functional groups attached to an aromatic ring is 2. The standard InChI is InChI=1S/C29H25N7.C25H21BrN4.C11H17BN2O2/c30-24-13-10-19(17-33-24)25-26(18-8-11-20(12-9-18)29(31)14-4-15-29)36-23-7-3-16-32-27(23)34-22-6-2-1-5-21(22)28(36)35-25;1-25(13-5-14-25)17-11-9-16(10-12-17)21-22(26)29-24-18-6-2-3-7-19(18)28-23-20(30(21)24)8-4-15-27-23;1-10(2)11(3,4)16-12(15-10)8-5-6-9(13)14-7-8/h1-3,5-13,16-17H,4,14-15,31H2,(H2,30,33)(H,32,34);2-4,6-12,15H,5,13-14H2,1H3,(H,27,28);5-7H,1-4H3,(H2,13,14). The van der Waals surface area contributed by atoms with Crippen molar-refractivity contribution in [1.82, 2.24) is 39.0 Å². The van der Waals surface area contributed by atoms with Crippen LogP contribution in [0.5, 0.6) is 0 Å². The Morgan fingerprint density at radius 3 is 1.54 bits per heavy atom. The summed E-state index contributed by atoms with van der Waals surface area (Å²) >= 11 is 3.75. The van der Waals surface area contributed by atoms with Crippen LogP contribution in [-0.4, -0.2) is 57.4 Å². The second kappa shape index (κ2) is 20.5. The summed E-state index contributed by atoms with van der Waals surface area (Å²) in [5.74, 6) is 4.32. The SMILES string of the molecule is CC1(C)OB(c2ccc(N)nc2)OC1(C)C.CC1(c2ccc(-c3c(Br)nc4n3-c3cccnc3Nc3ccccc3-4)cc2)CCC1.Nc1ccc(-c2nc3n(c2-c2ccc(C4(N)CCC4)cc2)-c2cccnc2Nc2ccccc2-3)cn1. The van der Waals surface area contributed by atoms with Crippen LogP contribution < -0.4 is 33.3 Å². The molecule has 82 heavy (non-hydrogen) atoms. The maximum absolute atomic E-state index is 6.62. The fourth-order valence-electron chi connectivity index (χ4n) is 11.5. The van der Waals surface area contributed by atoms with Crippen LogP contribution in [0.25, 0.3) is 67.9 Å². The monoisotopic (exact) mass is 1150 g/mol. The van der Waals surface area contributed by atoms with Gasteiger partial charge in [0.15, 0.2) is 11.6 Å².